The maximum atomic E-state index is 13.2. The van der Waals surface area contributed by atoms with Crippen molar-refractivity contribution in [3.8, 4) is 29.1 Å². The zero-order chi connectivity index (χ0) is 43.2. The number of aromatic hydroxyl groups is 2. The Kier molecular flexibility index (Phi) is 14.6. The van der Waals surface area contributed by atoms with Crippen LogP contribution < -0.4 is 36.1 Å². The second kappa shape index (κ2) is 19.9. The number of rotatable bonds is 16. The first-order valence-electron chi connectivity index (χ1n) is 17.0. The first kappa shape index (κ1) is 43.2. The maximum absolute atomic E-state index is 13.2. The van der Waals surface area contributed by atoms with E-state index in [1.807, 2.05) is 6.07 Å². The molecule has 0 heterocycles. The van der Waals surface area contributed by atoms with Crippen molar-refractivity contribution in [2.75, 3.05) is 35.5 Å². The summed E-state index contributed by atoms with van der Waals surface area (Å²) in [6.07, 6.45) is 2.11. The van der Waals surface area contributed by atoms with Crippen LogP contribution in [0.1, 0.15) is 54.8 Å². The highest BCUT2D eigenvalue weighted by molar-refractivity contribution is 6.10. The van der Waals surface area contributed by atoms with E-state index in [2.05, 4.69) is 43.3 Å². The second-order valence-corrected chi connectivity index (χ2v) is 12.0. The molecule has 5 amide bonds. The fourth-order valence-corrected chi connectivity index (χ4v) is 5.15. The Hall–Kier alpha value is -8.53. The number of carbonyl (C=O) groups is 6. The lowest BCUT2D eigenvalue weighted by Crippen LogP contribution is -2.43. The van der Waals surface area contributed by atoms with Gasteiger partial charge in [-0.3, -0.25) is 29.0 Å². The fourth-order valence-electron chi connectivity index (χ4n) is 5.15. The summed E-state index contributed by atoms with van der Waals surface area (Å²) in [6.45, 7) is 4.80. The van der Waals surface area contributed by atoms with Crippen molar-refractivity contribution < 1.29 is 53.6 Å². The summed E-state index contributed by atoms with van der Waals surface area (Å²) < 4.78 is 10.3. The SMILES string of the molecule is C=N/C=N\C=C(/C)C(=O)Nc1ccc(C(=O)NC(CC#N)C(=O)Nc2ccc(C(=O)Nc3ccc(C(=O)Nc4ccc(C(=O)O)c(O)c4OC)c(O)c3OC)cc2)cc1. The fraction of sp³-hybridized carbons (Fsp3) is 0.125. The van der Waals surface area contributed by atoms with Crippen molar-refractivity contribution in [3.05, 3.63) is 107 Å². The maximum Gasteiger partial charge on any atom is 0.339 e. The summed E-state index contributed by atoms with van der Waals surface area (Å²) in [7, 11) is 2.35. The van der Waals surface area contributed by atoms with Gasteiger partial charge in [-0.05, 0) is 86.4 Å². The van der Waals surface area contributed by atoms with Crippen LogP contribution in [0.5, 0.6) is 23.0 Å². The van der Waals surface area contributed by atoms with E-state index in [4.69, 9.17) is 9.47 Å². The zero-order valence-corrected chi connectivity index (χ0v) is 31.5. The van der Waals surface area contributed by atoms with Crippen LogP contribution in [0.2, 0.25) is 0 Å². The van der Waals surface area contributed by atoms with E-state index in [0.29, 0.717) is 11.3 Å². The number of aliphatic imine (C=N–C) groups is 2. The van der Waals surface area contributed by atoms with Gasteiger partial charge in [0.2, 0.25) is 5.91 Å². The molecule has 1 unspecified atom stereocenters. The predicted octanol–water partition coefficient (Wildman–Crippen LogP) is 4.54. The van der Waals surface area contributed by atoms with Crippen molar-refractivity contribution in [2.45, 2.75) is 19.4 Å². The van der Waals surface area contributed by atoms with Crippen molar-refractivity contribution in [1.82, 2.24) is 5.32 Å². The Morgan fingerprint density at radius 3 is 1.78 bits per heavy atom. The van der Waals surface area contributed by atoms with E-state index < -0.39 is 58.6 Å². The Labute approximate surface area is 335 Å². The van der Waals surface area contributed by atoms with Gasteiger partial charge >= 0.3 is 5.97 Å². The van der Waals surface area contributed by atoms with Crippen molar-refractivity contribution in [2.24, 2.45) is 9.98 Å². The minimum absolute atomic E-state index is 0.0187. The lowest BCUT2D eigenvalue weighted by Gasteiger charge is -2.17. The van der Waals surface area contributed by atoms with Crippen molar-refractivity contribution >= 4 is 71.3 Å². The molecule has 0 saturated carbocycles. The quantitative estimate of drug-likeness (QED) is 0.0440. The van der Waals surface area contributed by atoms with Crippen LogP contribution in [0.25, 0.3) is 0 Å². The molecule has 0 radical (unpaired) electrons. The van der Waals surface area contributed by atoms with Gasteiger partial charge in [0.25, 0.3) is 23.6 Å². The number of carbonyl (C=O) groups excluding carboxylic acids is 5. The highest BCUT2D eigenvalue weighted by Crippen LogP contribution is 2.40. The number of hydrogen-bond donors (Lipinski definition) is 8. The topological polar surface area (TPSA) is 290 Å². The van der Waals surface area contributed by atoms with E-state index >= 15 is 0 Å². The first-order valence-corrected chi connectivity index (χ1v) is 17.0. The monoisotopic (exact) mass is 804 g/mol. The Bertz CT molecular complexity index is 2400. The molecule has 0 aliphatic heterocycles. The average molecular weight is 805 g/mol. The van der Waals surface area contributed by atoms with Gasteiger partial charge in [0, 0.05) is 34.3 Å². The summed E-state index contributed by atoms with van der Waals surface area (Å²) >= 11 is 0. The molecule has 4 aromatic rings. The van der Waals surface area contributed by atoms with E-state index in [0.717, 1.165) is 13.2 Å². The van der Waals surface area contributed by atoms with E-state index in [1.165, 1.54) is 86.4 Å². The molecule has 302 valence electrons. The number of nitrogens with zero attached hydrogens (tertiary/aromatic N) is 3. The Morgan fingerprint density at radius 1 is 0.746 bits per heavy atom. The number of phenolic OH excluding ortho intramolecular Hbond substituents is 1. The molecular weight excluding hydrogens is 768 g/mol. The number of phenols is 2. The first-order chi connectivity index (χ1) is 28.2. The van der Waals surface area contributed by atoms with Crippen molar-refractivity contribution in [1.29, 1.82) is 5.26 Å². The van der Waals surface area contributed by atoms with Crippen molar-refractivity contribution in [3.63, 3.8) is 0 Å². The molecule has 19 nitrogen and oxygen atoms in total. The molecule has 0 bridgehead atoms. The molecule has 0 aromatic heterocycles. The molecule has 19 heteroatoms. The van der Waals surface area contributed by atoms with Crippen LogP contribution in [-0.2, 0) is 9.59 Å². The number of benzene rings is 4. The van der Waals surface area contributed by atoms with Gasteiger partial charge in [-0.2, -0.15) is 5.26 Å². The molecule has 0 spiro atoms. The molecule has 0 saturated heterocycles. The lowest BCUT2D eigenvalue weighted by molar-refractivity contribution is -0.118. The minimum atomic E-state index is -1.43. The molecular formula is C40H36N8O11. The van der Waals surface area contributed by atoms with E-state index in [-0.39, 0.29) is 51.7 Å². The second-order valence-electron chi connectivity index (χ2n) is 12.0. The third-order valence-electron chi connectivity index (χ3n) is 8.15. The normalized spacial score (nSPS) is 11.3. The number of nitrogens with one attached hydrogen (secondary N) is 5. The smallest absolute Gasteiger partial charge is 0.339 e. The van der Waals surface area contributed by atoms with Crippen LogP contribution in [0.4, 0.5) is 22.7 Å². The largest absolute Gasteiger partial charge is 0.504 e. The number of amides is 5. The highest BCUT2D eigenvalue weighted by atomic mass is 16.5. The highest BCUT2D eigenvalue weighted by Gasteiger charge is 2.25. The Balaban J connectivity index is 1.39. The van der Waals surface area contributed by atoms with E-state index in [1.54, 1.807) is 6.92 Å². The van der Waals surface area contributed by atoms with Gasteiger partial charge in [-0.1, -0.05) is 0 Å². The number of carboxylic acid groups (broad SMARTS) is 1. The summed E-state index contributed by atoms with van der Waals surface area (Å²) in [4.78, 5) is 83.2. The molecule has 0 aliphatic rings. The number of aromatic carboxylic acids is 1. The Morgan fingerprint density at radius 2 is 1.25 bits per heavy atom. The third kappa shape index (κ3) is 10.8. The number of carboxylic acids is 1. The van der Waals surface area contributed by atoms with Crippen LogP contribution in [0.15, 0.2) is 94.6 Å². The third-order valence-corrected chi connectivity index (χ3v) is 8.15. The average Bonchev–Trinajstić information content (AvgIpc) is 3.21. The van der Waals surface area contributed by atoms with Gasteiger partial charge in [0.05, 0.1) is 43.6 Å². The van der Waals surface area contributed by atoms with Gasteiger partial charge in [0.15, 0.2) is 23.0 Å². The zero-order valence-electron chi connectivity index (χ0n) is 31.5. The number of hydrogen-bond acceptors (Lipinski definition) is 12. The molecule has 0 aliphatic carbocycles. The van der Waals surface area contributed by atoms with Crippen LogP contribution in [0.3, 0.4) is 0 Å². The van der Waals surface area contributed by atoms with Gasteiger partial charge in [-0.15, -0.1) is 0 Å². The lowest BCUT2D eigenvalue weighted by atomic mass is 10.1. The number of nitriles is 1. The molecule has 0 fully saturated rings. The number of methoxy groups -OCH3 is 2. The minimum Gasteiger partial charge on any atom is -0.504 e. The molecule has 59 heavy (non-hydrogen) atoms. The molecule has 1 atom stereocenters. The predicted molar refractivity (Wildman–Crippen MR) is 216 cm³/mol. The molecule has 4 rings (SSSR count). The number of anilines is 4. The van der Waals surface area contributed by atoms with Gasteiger partial charge in [0.1, 0.15) is 17.9 Å². The summed E-state index contributed by atoms with van der Waals surface area (Å²) in [6, 6.07) is 16.7. The summed E-state index contributed by atoms with van der Waals surface area (Å²) in [5, 5.41) is 52.5. The molecule has 8 N–H and O–H groups in total. The molecule has 4 aromatic carbocycles. The van der Waals surface area contributed by atoms with Gasteiger partial charge < -0.3 is 51.4 Å². The number of ether oxygens (including phenoxy) is 2. The van der Waals surface area contributed by atoms with Crippen LogP contribution >= 0.6 is 0 Å². The standard InChI is InChI=1S/C40H36N8O11/c1-21(19-43-20-42-2)35(51)44-24-9-5-23(6-10-24)37(53)48-30(17-18-41)39(55)45-25-11-7-22(8-12-25)36(52)46-28-15-13-26(31(49)33(28)58-3)38(54)47-29-16-14-27(40(56)57)32(50)34(29)59-4/h5-16,19-20,30,49-50H,2,17H2,1,3-4H3,(H,44,51)(H,45,55)(H,46,52)(H,47,54)(H,48,53)(H,56,57)/b21-19+,43-20-. The summed E-state index contributed by atoms with van der Waals surface area (Å²) in [5.74, 6) is -6.77. The van der Waals surface area contributed by atoms with Crippen LogP contribution in [-0.4, -0.2) is 84.1 Å². The van der Waals surface area contributed by atoms with E-state index in [9.17, 15) is 49.3 Å². The van der Waals surface area contributed by atoms with Gasteiger partial charge in [-0.25, -0.2) is 9.79 Å². The van der Waals surface area contributed by atoms with Crippen LogP contribution in [0, 0.1) is 11.3 Å². The summed E-state index contributed by atoms with van der Waals surface area (Å²) in [5.41, 5.74) is 0.283.